The van der Waals surface area contributed by atoms with Gasteiger partial charge in [0.25, 0.3) is 0 Å². The van der Waals surface area contributed by atoms with Gasteiger partial charge in [-0.15, -0.1) is 0 Å². The van der Waals surface area contributed by atoms with Crippen LogP contribution in [0, 0.1) is 18.8 Å². The molecule has 1 aliphatic carbocycles. The fourth-order valence-corrected chi connectivity index (χ4v) is 3.90. The Bertz CT molecular complexity index is 423. The van der Waals surface area contributed by atoms with Gasteiger partial charge in [-0.3, -0.25) is 0 Å². The lowest BCUT2D eigenvalue weighted by molar-refractivity contribution is 0.255. The summed E-state index contributed by atoms with van der Waals surface area (Å²) in [6, 6.07) is 4.50. The maximum Gasteiger partial charge on any atom is 0.0335 e. The van der Waals surface area contributed by atoms with E-state index in [1.54, 1.807) is 0 Å². The number of hydrogen-bond donors (Lipinski definition) is 1. The zero-order chi connectivity index (χ0) is 13.3. The van der Waals surface area contributed by atoms with E-state index in [2.05, 4.69) is 57.8 Å². The van der Waals surface area contributed by atoms with Crippen molar-refractivity contribution in [3.8, 4) is 0 Å². The Hall–Kier alpha value is 0.140. The summed E-state index contributed by atoms with van der Waals surface area (Å²) in [7, 11) is 0. The standard InChI is InChI=1S/C15H21Br2N/c1-9-3-5-11(6-4-9)15(18)12-8-13(16)10(2)7-14(12)17/h7-9,11,15H,3-6,18H2,1-2H3. The first-order valence-electron chi connectivity index (χ1n) is 6.70. The summed E-state index contributed by atoms with van der Waals surface area (Å²) >= 11 is 7.27. The number of rotatable bonds is 2. The highest BCUT2D eigenvalue weighted by molar-refractivity contribution is 9.11. The molecule has 0 bridgehead atoms. The minimum Gasteiger partial charge on any atom is -0.324 e. The summed E-state index contributed by atoms with van der Waals surface area (Å²) in [5.41, 5.74) is 8.97. The van der Waals surface area contributed by atoms with Crippen LogP contribution in [-0.4, -0.2) is 0 Å². The molecule has 0 radical (unpaired) electrons. The lowest BCUT2D eigenvalue weighted by atomic mass is 9.77. The van der Waals surface area contributed by atoms with E-state index in [-0.39, 0.29) is 6.04 Å². The Balaban J connectivity index is 2.18. The van der Waals surface area contributed by atoms with E-state index in [4.69, 9.17) is 5.73 Å². The van der Waals surface area contributed by atoms with Crippen LogP contribution in [-0.2, 0) is 0 Å². The SMILES string of the molecule is Cc1cc(Br)c(C(N)C2CCC(C)CC2)cc1Br. The molecule has 18 heavy (non-hydrogen) atoms. The van der Waals surface area contributed by atoms with Gasteiger partial charge in [-0.2, -0.15) is 0 Å². The second-order valence-electron chi connectivity index (χ2n) is 5.67. The molecule has 0 aliphatic heterocycles. The quantitative estimate of drug-likeness (QED) is 0.742. The van der Waals surface area contributed by atoms with Gasteiger partial charge in [0, 0.05) is 15.0 Å². The first kappa shape index (κ1) is 14.5. The molecule has 0 amide bonds. The molecule has 100 valence electrons. The highest BCUT2D eigenvalue weighted by Gasteiger charge is 2.26. The Kier molecular flexibility index (Phi) is 4.90. The van der Waals surface area contributed by atoms with Crippen molar-refractivity contribution in [1.29, 1.82) is 0 Å². The van der Waals surface area contributed by atoms with Crippen molar-refractivity contribution >= 4 is 31.9 Å². The third kappa shape index (κ3) is 3.17. The second-order valence-corrected chi connectivity index (χ2v) is 7.38. The van der Waals surface area contributed by atoms with Crippen molar-refractivity contribution in [3.63, 3.8) is 0 Å². The summed E-state index contributed by atoms with van der Waals surface area (Å²) in [6.45, 7) is 4.45. The lowest BCUT2D eigenvalue weighted by Gasteiger charge is -2.31. The third-order valence-corrected chi connectivity index (χ3v) is 5.75. The second kappa shape index (κ2) is 6.06. The molecule has 0 spiro atoms. The first-order chi connectivity index (χ1) is 8.49. The smallest absolute Gasteiger partial charge is 0.0335 e. The maximum absolute atomic E-state index is 6.48. The number of benzene rings is 1. The number of hydrogen-bond acceptors (Lipinski definition) is 1. The summed E-state index contributed by atoms with van der Waals surface area (Å²) < 4.78 is 2.30. The number of nitrogens with two attached hydrogens (primary N) is 1. The van der Waals surface area contributed by atoms with Crippen molar-refractivity contribution in [2.45, 2.75) is 45.6 Å². The predicted octanol–water partition coefficient (Wildman–Crippen LogP) is 5.35. The normalized spacial score (nSPS) is 26.1. The molecule has 1 fully saturated rings. The van der Waals surface area contributed by atoms with Crippen molar-refractivity contribution in [3.05, 3.63) is 32.2 Å². The van der Waals surface area contributed by atoms with E-state index < -0.39 is 0 Å². The summed E-state index contributed by atoms with van der Waals surface area (Å²) in [4.78, 5) is 0. The molecule has 3 heteroatoms. The van der Waals surface area contributed by atoms with Crippen LogP contribution in [0.3, 0.4) is 0 Å². The van der Waals surface area contributed by atoms with E-state index in [1.807, 2.05) is 0 Å². The molecule has 1 saturated carbocycles. The molecule has 1 aromatic rings. The first-order valence-corrected chi connectivity index (χ1v) is 8.28. The Morgan fingerprint density at radius 3 is 2.33 bits per heavy atom. The van der Waals surface area contributed by atoms with Crippen molar-refractivity contribution in [2.75, 3.05) is 0 Å². The lowest BCUT2D eigenvalue weighted by Crippen LogP contribution is -2.25. The van der Waals surface area contributed by atoms with Crippen LogP contribution < -0.4 is 5.73 Å². The topological polar surface area (TPSA) is 26.0 Å². The van der Waals surface area contributed by atoms with Crippen molar-refractivity contribution < 1.29 is 0 Å². The number of aryl methyl sites for hydroxylation is 1. The van der Waals surface area contributed by atoms with Gasteiger partial charge < -0.3 is 5.73 Å². The predicted molar refractivity (Wildman–Crippen MR) is 84.6 cm³/mol. The van der Waals surface area contributed by atoms with E-state index in [0.717, 1.165) is 14.9 Å². The van der Waals surface area contributed by atoms with Crippen LogP contribution in [0.25, 0.3) is 0 Å². The average molecular weight is 375 g/mol. The van der Waals surface area contributed by atoms with Crippen LogP contribution >= 0.6 is 31.9 Å². The van der Waals surface area contributed by atoms with Crippen molar-refractivity contribution in [2.24, 2.45) is 17.6 Å². The average Bonchev–Trinajstić information content (AvgIpc) is 2.34. The molecular formula is C15H21Br2N. The summed E-state index contributed by atoms with van der Waals surface area (Å²) in [6.07, 6.45) is 5.17. The van der Waals surface area contributed by atoms with E-state index in [0.29, 0.717) is 5.92 Å². The Morgan fingerprint density at radius 2 is 1.72 bits per heavy atom. The van der Waals surface area contributed by atoms with Crippen LogP contribution in [0.1, 0.15) is 49.8 Å². The molecule has 1 aliphatic rings. The monoisotopic (exact) mass is 373 g/mol. The third-order valence-electron chi connectivity index (χ3n) is 4.21. The van der Waals surface area contributed by atoms with Gasteiger partial charge in [0.2, 0.25) is 0 Å². The van der Waals surface area contributed by atoms with Gasteiger partial charge in [0.1, 0.15) is 0 Å². The van der Waals surface area contributed by atoms with Crippen LogP contribution in [0.2, 0.25) is 0 Å². The van der Waals surface area contributed by atoms with Crippen molar-refractivity contribution in [1.82, 2.24) is 0 Å². The molecular weight excluding hydrogens is 354 g/mol. The Labute approximate surface area is 127 Å². The molecule has 1 nitrogen and oxygen atoms in total. The van der Waals surface area contributed by atoms with Crippen LogP contribution in [0.5, 0.6) is 0 Å². The highest BCUT2D eigenvalue weighted by Crippen LogP contribution is 2.38. The molecule has 1 atom stereocenters. The van der Waals surface area contributed by atoms with Crippen LogP contribution in [0.4, 0.5) is 0 Å². The van der Waals surface area contributed by atoms with Gasteiger partial charge in [-0.1, -0.05) is 51.6 Å². The van der Waals surface area contributed by atoms with Gasteiger partial charge in [0.05, 0.1) is 0 Å². The van der Waals surface area contributed by atoms with Gasteiger partial charge >= 0.3 is 0 Å². The van der Waals surface area contributed by atoms with Gasteiger partial charge in [0.15, 0.2) is 0 Å². The molecule has 2 N–H and O–H groups in total. The van der Waals surface area contributed by atoms with E-state index >= 15 is 0 Å². The molecule has 0 heterocycles. The van der Waals surface area contributed by atoms with Gasteiger partial charge in [-0.05, 0) is 54.9 Å². The largest absolute Gasteiger partial charge is 0.324 e. The summed E-state index contributed by atoms with van der Waals surface area (Å²) in [5.74, 6) is 1.51. The molecule has 2 rings (SSSR count). The van der Waals surface area contributed by atoms with E-state index in [1.165, 1.54) is 36.8 Å². The Morgan fingerprint density at radius 1 is 1.11 bits per heavy atom. The zero-order valence-electron chi connectivity index (χ0n) is 11.0. The van der Waals surface area contributed by atoms with E-state index in [9.17, 15) is 0 Å². The number of halogens is 2. The maximum atomic E-state index is 6.48. The zero-order valence-corrected chi connectivity index (χ0v) is 14.2. The summed E-state index contributed by atoms with van der Waals surface area (Å²) in [5, 5.41) is 0. The minimum atomic E-state index is 0.156. The fraction of sp³-hybridized carbons (Fsp3) is 0.600. The van der Waals surface area contributed by atoms with Gasteiger partial charge in [-0.25, -0.2) is 0 Å². The molecule has 0 saturated heterocycles. The fourth-order valence-electron chi connectivity index (χ4n) is 2.82. The highest BCUT2D eigenvalue weighted by atomic mass is 79.9. The molecule has 1 aromatic carbocycles. The molecule has 0 aromatic heterocycles. The van der Waals surface area contributed by atoms with Crippen LogP contribution in [0.15, 0.2) is 21.1 Å². The molecule has 1 unspecified atom stereocenters. The minimum absolute atomic E-state index is 0.156.